The molecule has 3 rings (SSSR count). The molecule has 1 fully saturated rings. The molecule has 7 nitrogen and oxygen atoms in total. The maximum absolute atomic E-state index is 13.5. The predicted molar refractivity (Wildman–Crippen MR) is 117 cm³/mol. The van der Waals surface area contributed by atoms with E-state index in [1.54, 1.807) is 4.90 Å². The van der Waals surface area contributed by atoms with Crippen LogP contribution in [0.25, 0.3) is 0 Å². The maximum Gasteiger partial charge on any atom is 0.336 e. The molecule has 162 valence electrons. The molecule has 0 aliphatic carbocycles. The van der Waals surface area contributed by atoms with Crippen molar-refractivity contribution in [1.82, 2.24) is 4.90 Å². The van der Waals surface area contributed by atoms with Crippen LogP contribution in [0.15, 0.2) is 61.2 Å². The van der Waals surface area contributed by atoms with Crippen LogP contribution in [0, 0.1) is 5.92 Å². The molecule has 0 bridgehead atoms. The summed E-state index contributed by atoms with van der Waals surface area (Å²) in [6.45, 7) is 5.61. The summed E-state index contributed by atoms with van der Waals surface area (Å²) < 4.78 is 5.43. The molecule has 2 amide bonds. The summed E-state index contributed by atoms with van der Waals surface area (Å²) in [5.74, 6) is -1.75. The van der Waals surface area contributed by atoms with Gasteiger partial charge < -0.3 is 20.1 Å². The molecular weight excluding hydrogens is 396 g/mol. The molecule has 0 radical (unpaired) electrons. The van der Waals surface area contributed by atoms with Gasteiger partial charge in [0.15, 0.2) is 0 Å². The van der Waals surface area contributed by atoms with E-state index in [2.05, 4.69) is 11.9 Å². The number of hydrogen-bond acceptors (Lipinski definition) is 4. The standard InChI is InChI=1S/C24H26N2O5/c1-2-22(27)25-19-8-9-20(21(14-19)24(29)30)23(28)26(15-17-6-4-3-5-7-17)16-18-10-12-31-13-11-18/h2-9,14,18H,1,10-13,15-16H2,(H,25,27)(H,29,30). The molecule has 0 spiro atoms. The predicted octanol–water partition coefficient (Wildman–Crippen LogP) is 3.58. The van der Waals surface area contributed by atoms with Gasteiger partial charge in [0, 0.05) is 32.0 Å². The van der Waals surface area contributed by atoms with Crippen molar-refractivity contribution < 1.29 is 24.2 Å². The number of carbonyl (C=O) groups excluding carboxylic acids is 2. The van der Waals surface area contributed by atoms with Crippen molar-refractivity contribution in [3.63, 3.8) is 0 Å². The summed E-state index contributed by atoms with van der Waals surface area (Å²) in [5, 5.41) is 12.2. The summed E-state index contributed by atoms with van der Waals surface area (Å²) >= 11 is 0. The monoisotopic (exact) mass is 422 g/mol. The van der Waals surface area contributed by atoms with Gasteiger partial charge in [0.25, 0.3) is 5.91 Å². The Balaban J connectivity index is 1.90. The summed E-state index contributed by atoms with van der Waals surface area (Å²) in [6, 6.07) is 13.9. The Bertz CT molecular complexity index is 952. The molecule has 1 heterocycles. The van der Waals surface area contributed by atoms with Crippen LogP contribution in [0.3, 0.4) is 0 Å². The largest absolute Gasteiger partial charge is 0.478 e. The Kier molecular flexibility index (Phi) is 7.56. The first-order valence-electron chi connectivity index (χ1n) is 10.2. The lowest BCUT2D eigenvalue weighted by molar-refractivity contribution is -0.111. The smallest absolute Gasteiger partial charge is 0.336 e. The van der Waals surface area contributed by atoms with Crippen LogP contribution < -0.4 is 5.32 Å². The van der Waals surface area contributed by atoms with Gasteiger partial charge >= 0.3 is 5.97 Å². The molecule has 7 heteroatoms. The van der Waals surface area contributed by atoms with E-state index >= 15 is 0 Å². The first kappa shape index (κ1) is 22.2. The lowest BCUT2D eigenvalue weighted by Gasteiger charge is -2.30. The molecule has 1 saturated heterocycles. The summed E-state index contributed by atoms with van der Waals surface area (Å²) in [4.78, 5) is 38.6. The number of carbonyl (C=O) groups is 3. The number of benzene rings is 2. The second-order valence-electron chi connectivity index (χ2n) is 7.49. The van der Waals surface area contributed by atoms with Crippen LogP contribution in [0.2, 0.25) is 0 Å². The summed E-state index contributed by atoms with van der Waals surface area (Å²) in [6.07, 6.45) is 2.81. The Morgan fingerprint density at radius 3 is 2.45 bits per heavy atom. The Labute approximate surface area is 181 Å². The number of anilines is 1. The van der Waals surface area contributed by atoms with Gasteiger partial charge in [0.1, 0.15) is 0 Å². The van der Waals surface area contributed by atoms with E-state index in [1.165, 1.54) is 18.2 Å². The molecular formula is C24H26N2O5. The average molecular weight is 422 g/mol. The number of carboxylic acids is 1. The molecule has 1 aliphatic rings. The Morgan fingerprint density at radius 2 is 1.81 bits per heavy atom. The number of nitrogens with zero attached hydrogens (tertiary/aromatic N) is 1. The topological polar surface area (TPSA) is 95.9 Å². The first-order chi connectivity index (χ1) is 15.0. The lowest BCUT2D eigenvalue weighted by Crippen LogP contribution is -2.37. The Morgan fingerprint density at radius 1 is 1.10 bits per heavy atom. The molecule has 31 heavy (non-hydrogen) atoms. The van der Waals surface area contributed by atoms with Gasteiger partial charge in [0.05, 0.1) is 11.1 Å². The molecule has 0 atom stereocenters. The maximum atomic E-state index is 13.5. The van der Waals surface area contributed by atoms with Gasteiger partial charge in [-0.05, 0) is 48.6 Å². The number of nitrogens with one attached hydrogen (secondary N) is 1. The molecule has 0 saturated carbocycles. The molecule has 1 aliphatic heterocycles. The van der Waals surface area contributed by atoms with E-state index in [4.69, 9.17) is 4.74 Å². The number of amides is 2. The van der Waals surface area contributed by atoms with Gasteiger partial charge in [-0.15, -0.1) is 0 Å². The molecule has 2 N–H and O–H groups in total. The van der Waals surface area contributed by atoms with E-state index in [9.17, 15) is 19.5 Å². The van der Waals surface area contributed by atoms with Crippen molar-refractivity contribution >= 4 is 23.5 Å². The fourth-order valence-corrected chi connectivity index (χ4v) is 3.61. The fourth-order valence-electron chi connectivity index (χ4n) is 3.61. The minimum Gasteiger partial charge on any atom is -0.478 e. The number of hydrogen-bond donors (Lipinski definition) is 2. The Hall–Kier alpha value is -3.45. The third-order valence-electron chi connectivity index (χ3n) is 5.26. The van der Waals surface area contributed by atoms with Crippen molar-refractivity contribution in [1.29, 1.82) is 0 Å². The third kappa shape index (κ3) is 6.02. The molecule has 2 aromatic rings. The van der Waals surface area contributed by atoms with Crippen molar-refractivity contribution in [2.75, 3.05) is 25.1 Å². The molecule has 2 aromatic carbocycles. The van der Waals surface area contributed by atoms with Crippen LogP contribution in [-0.4, -0.2) is 47.5 Å². The zero-order chi connectivity index (χ0) is 22.2. The average Bonchev–Trinajstić information content (AvgIpc) is 2.79. The number of carboxylic acid groups (broad SMARTS) is 1. The molecule has 0 aromatic heterocycles. The van der Waals surface area contributed by atoms with Gasteiger partial charge in [0.2, 0.25) is 5.91 Å². The van der Waals surface area contributed by atoms with Gasteiger partial charge in [-0.2, -0.15) is 0 Å². The van der Waals surface area contributed by atoms with Crippen LogP contribution in [0.5, 0.6) is 0 Å². The second-order valence-corrected chi connectivity index (χ2v) is 7.49. The highest BCUT2D eigenvalue weighted by molar-refractivity contribution is 6.06. The fraction of sp³-hybridized carbons (Fsp3) is 0.292. The normalized spacial score (nSPS) is 13.9. The van der Waals surface area contributed by atoms with E-state index < -0.39 is 11.9 Å². The van der Waals surface area contributed by atoms with Gasteiger partial charge in [-0.25, -0.2) is 4.79 Å². The molecule has 0 unspecified atom stereocenters. The number of aromatic carboxylic acids is 1. The summed E-state index contributed by atoms with van der Waals surface area (Å²) in [7, 11) is 0. The van der Waals surface area contributed by atoms with E-state index in [1.807, 2.05) is 30.3 Å². The van der Waals surface area contributed by atoms with Gasteiger partial charge in [-0.1, -0.05) is 36.9 Å². The van der Waals surface area contributed by atoms with Crippen molar-refractivity contribution in [2.24, 2.45) is 5.92 Å². The highest BCUT2D eigenvalue weighted by Gasteiger charge is 2.26. The van der Waals surface area contributed by atoms with E-state index in [0.29, 0.717) is 32.2 Å². The van der Waals surface area contributed by atoms with E-state index in [0.717, 1.165) is 24.5 Å². The summed E-state index contributed by atoms with van der Waals surface area (Å²) in [5.41, 5.74) is 1.19. The zero-order valence-corrected chi connectivity index (χ0v) is 17.3. The van der Waals surface area contributed by atoms with Gasteiger partial charge in [-0.3, -0.25) is 9.59 Å². The van der Waals surface area contributed by atoms with E-state index in [-0.39, 0.29) is 22.7 Å². The highest BCUT2D eigenvalue weighted by Crippen LogP contribution is 2.23. The highest BCUT2D eigenvalue weighted by atomic mass is 16.5. The minimum absolute atomic E-state index is 0.0899. The first-order valence-corrected chi connectivity index (χ1v) is 10.2. The zero-order valence-electron chi connectivity index (χ0n) is 17.3. The number of rotatable bonds is 8. The van der Waals surface area contributed by atoms with Crippen LogP contribution in [0.4, 0.5) is 5.69 Å². The third-order valence-corrected chi connectivity index (χ3v) is 5.26. The number of ether oxygens (including phenoxy) is 1. The van der Waals surface area contributed by atoms with Crippen LogP contribution in [-0.2, 0) is 16.1 Å². The van der Waals surface area contributed by atoms with Crippen molar-refractivity contribution in [3.05, 3.63) is 77.9 Å². The van der Waals surface area contributed by atoms with Crippen molar-refractivity contribution in [3.8, 4) is 0 Å². The second kappa shape index (κ2) is 10.5. The quantitative estimate of drug-likeness (QED) is 0.634. The van der Waals surface area contributed by atoms with Crippen LogP contribution in [0.1, 0.15) is 39.1 Å². The SMILES string of the molecule is C=CC(=O)Nc1ccc(C(=O)N(Cc2ccccc2)CC2CCOCC2)c(C(=O)O)c1. The minimum atomic E-state index is -1.23. The van der Waals surface area contributed by atoms with Crippen LogP contribution >= 0.6 is 0 Å². The van der Waals surface area contributed by atoms with Crippen molar-refractivity contribution in [2.45, 2.75) is 19.4 Å². The lowest BCUT2D eigenvalue weighted by atomic mass is 9.98.